The highest BCUT2D eigenvalue weighted by molar-refractivity contribution is 6.00. The molecule has 0 fully saturated rings. The molecule has 0 spiro atoms. The second-order valence-corrected chi connectivity index (χ2v) is 6.58. The number of aromatic amines is 1. The van der Waals surface area contributed by atoms with Crippen molar-refractivity contribution in [1.29, 1.82) is 0 Å². The first-order chi connectivity index (χ1) is 15.1. The number of carbonyl (C=O) groups is 1. The SMILES string of the molecule is COc1ccc2ccccc2c1-c1cc(C(=O)N/N=C\c2ccc([N+](=O)[O-])cc2)[nH]n1. The molecule has 0 saturated heterocycles. The Bertz CT molecular complexity index is 1300. The van der Waals surface area contributed by atoms with E-state index < -0.39 is 10.8 Å². The molecule has 9 nitrogen and oxygen atoms in total. The molecule has 0 aliphatic carbocycles. The highest BCUT2D eigenvalue weighted by Crippen LogP contribution is 2.36. The van der Waals surface area contributed by atoms with Crippen LogP contribution in [0.3, 0.4) is 0 Å². The first kappa shape index (κ1) is 19.8. The van der Waals surface area contributed by atoms with Gasteiger partial charge in [-0.25, -0.2) is 5.43 Å². The minimum atomic E-state index is -0.483. The van der Waals surface area contributed by atoms with E-state index in [1.807, 2.05) is 36.4 Å². The van der Waals surface area contributed by atoms with E-state index in [1.165, 1.54) is 30.5 Å². The van der Waals surface area contributed by atoms with Gasteiger partial charge in [0.2, 0.25) is 0 Å². The van der Waals surface area contributed by atoms with Gasteiger partial charge in [0.15, 0.2) is 0 Å². The zero-order valence-electron chi connectivity index (χ0n) is 16.4. The van der Waals surface area contributed by atoms with Crippen molar-refractivity contribution in [1.82, 2.24) is 15.6 Å². The third kappa shape index (κ3) is 4.10. The number of carbonyl (C=O) groups excluding carboxylic acids is 1. The van der Waals surface area contributed by atoms with E-state index in [0.717, 1.165) is 16.3 Å². The predicted molar refractivity (Wildman–Crippen MR) is 116 cm³/mol. The maximum Gasteiger partial charge on any atom is 0.289 e. The minimum absolute atomic E-state index is 0.0185. The lowest BCUT2D eigenvalue weighted by Gasteiger charge is -2.09. The predicted octanol–water partition coefficient (Wildman–Crippen LogP) is 3.91. The fraction of sp³-hybridized carbons (Fsp3) is 0.0455. The van der Waals surface area contributed by atoms with Crippen molar-refractivity contribution in [3.8, 4) is 17.0 Å². The molecule has 4 aromatic rings. The third-order valence-electron chi connectivity index (χ3n) is 4.67. The molecule has 2 N–H and O–H groups in total. The van der Waals surface area contributed by atoms with E-state index in [4.69, 9.17) is 4.74 Å². The van der Waals surface area contributed by atoms with Crippen LogP contribution < -0.4 is 10.2 Å². The zero-order chi connectivity index (χ0) is 21.8. The summed E-state index contributed by atoms with van der Waals surface area (Å²) in [5, 5.41) is 23.6. The topological polar surface area (TPSA) is 123 Å². The number of hydrazone groups is 1. The highest BCUT2D eigenvalue weighted by atomic mass is 16.6. The highest BCUT2D eigenvalue weighted by Gasteiger charge is 2.16. The lowest BCUT2D eigenvalue weighted by atomic mass is 10.0. The lowest BCUT2D eigenvalue weighted by molar-refractivity contribution is -0.384. The summed E-state index contributed by atoms with van der Waals surface area (Å²) in [6.07, 6.45) is 1.40. The molecule has 1 amide bonds. The van der Waals surface area contributed by atoms with E-state index in [2.05, 4.69) is 20.7 Å². The quantitative estimate of drug-likeness (QED) is 0.281. The largest absolute Gasteiger partial charge is 0.496 e. The van der Waals surface area contributed by atoms with Gasteiger partial charge in [-0.15, -0.1) is 0 Å². The summed E-state index contributed by atoms with van der Waals surface area (Å²) >= 11 is 0. The number of nitrogens with zero attached hydrogens (tertiary/aromatic N) is 3. The van der Waals surface area contributed by atoms with Crippen LogP contribution in [0.2, 0.25) is 0 Å². The summed E-state index contributed by atoms with van der Waals surface area (Å²) in [6, 6.07) is 19.1. The van der Waals surface area contributed by atoms with Crippen LogP contribution in [0.5, 0.6) is 5.75 Å². The first-order valence-corrected chi connectivity index (χ1v) is 9.26. The lowest BCUT2D eigenvalue weighted by Crippen LogP contribution is -2.18. The Labute approximate surface area is 176 Å². The van der Waals surface area contributed by atoms with Crippen LogP contribution in [-0.2, 0) is 0 Å². The van der Waals surface area contributed by atoms with Gasteiger partial charge in [0.1, 0.15) is 11.4 Å². The Morgan fingerprint density at radius 1 is 1.16 bits per heavy atom. The number of non-ortho nitro benzene ring substituents is 1. The molecule has 0 radical (unpaired) electrons. The number of fused-ring (bicyclic) bond motifs is 1. The maximum atomic E-state index is 12.4. The van der Waals surface area contributed by atoms with Gasteiger partial charge in [-0.3, -0.25) is 20.0 Å². The molecule has 0 saturated carbocycles. The summed E-state index contributed by atoms with van der Waals surface area (Å²) < 4.78 is 5.49. The van der Waals surface area contributed by atoms with Crippen molar-refractivity contribution < 1.29 is 14.5 Å². The van der Waals surface area contributed by atoms with E-state index >= 15 is 0 Å². The molecule has 3 aromatic carbocycles. The second-order valence-electron chi connectivity index (χ2n) is 6.58. The van der Waals surface area contributed by atoms with Crippen molar-refractivity contribution in [3.63, 3.8) is 0 Å². The molecule has 31 heavy (non-hydrogen) atoms. The van der Waals surface area contributed by atoms with Crippen LogP contribution >= 0.6 is 0 Å². The molecule has 0 unspecified atom stereocenters. The number of hydrogen-bond acceptors (Lipinski definition) is 6. The van der Waals surface area contributed by atoms with Gasteiger partial charge < -0.3 is 4.74 Å². The van der Waals surface area contributed by atoms with Gasteiger partial charge in [0.25, 0.3) is 11.6 Å². The van der Waals surface area contributed by atoms with Crippen molar-refractivity contribution in [2.24, 2.45) is 5.10 Å². The normalized spacial score (nSPS) is 11.0. The molecule has 0 bridgehead atoms. The number of hydrogen-bond donors (Lipinski definition) is 2. The number of nitro groups is 1. The number of benzene rings is 3. The summed E-state index contributed by atoms with van der Waals surface area (Å²) in [5.41, 5.74) is 4.58. The number of rotatable bonds is 6. The first-order valence-electron chi connectivity index (χ1n) is 9.26. The standard InChI is InChI=1S/C22H17N5O4/c1-31-20-11-8-15-4-2-3-5-17(15)21(20)18-12-19(25-24-18)22(28)26-23-13-14-6-9-16(10-7-14)27(29)30/h2-13H,1H3,(H,24,25)(H,26,28)/b23-13-. The Morgan fingerprint density at radius 2 is 1.94 bits per heavy atom. The van der Waals surface area contributed by atoms with Gasteiger partial charge in [-0.05, 0) is 40.6 Å². The number of ether oxygens (including phenoxy) is 1. The van der Waals surface area contributed by atoms with E-state index in [0.29, 0.717) is 17.0 Å². The zero-order valence-corrected chi connectivity index (χ0v) is 16.4. The number of nitrogens with one attached hydrogen (secondary N) is 2. The minimum Gasteiger partial charge on any atom is -0.496 e. The third-order valence-corrected chi connectivity index (χ3v) is 4.67. The number of H-pyrrole nitrogens is 1. The van der Waals surface area contributed by atoms with Crippen molar-refractivity contribution >= 4 is 28.6 Å². The van der Waals surface area contributed by atoms with E-state index in [9.17, 15) is 14.9 Å². The van der Waals surface area contributed by atoms with E-state index in [1.54, 1.807) is 13.2 Å². The van der Waals surface area contributed by atoms with Gasteiger partial charge in [0.05, 0.1) is 29.5 Å². The Balaban J connectivity index is 1.53. The molecule has 9 heteroatoms. The number of methoxy groups -OCH3 is 1. The maximum absolute atomic E-state index is 12.4. The summed E-state index contributed by atoms with van der Waals surface area (Å²) in [5.74, 6) is 0.171. The average molecular weight is 415 g/mol. The second kappa shape index (κ2) is 8.46. The van der Waals surface area contributed by atoms with Crippen LogP contribution in [0.1, 0.15) is 16.1 Å². The number of aromatic nitrogens is 2. The van der Waals surface area contributed by atoms with E-state index in [-0.39, 0.29) is 11.4 Å². The Kier molecular flexibility index (Phi) is 5.39. The smallest absolute Gasteiger partial charge is 0.289 e. The summed E-state index contributed by atoms with van der Waals surface area (Å²) in [7, 11) is 1.58. The Hall–Kier alpha value is -4.53. The van der Waals surface area contributed by atoms with Crippen LogP contribution in [0.25, 0.3) is 22.0 Å². The molecule has 4 rings (SSSR count). The molecule has 0 aliphatic heterocycles. The van der Waals surface area contributed by atoms with Gasteiger partial charge in [-0.2, -0.15) is 10.2 Å². The molecule has 0 aliphatic rings. The molecule has 1 aromatic heterocycles. The summed E-state index contributed by atoms with van der Waals surface area (Å²) in [6.45, 7) is 0. The fourth-order valence-corrected chi connectivity index (χ4v) is 3.16. The fourth-order valence-electron chi connectivity index (χ4n) is 3.16. The molecule has 1 heterocycles. The van der Waals surface area contributed by atoms with Gasteiger partial charge in [-0.1, -0.05) is 30.3 Å². The van der Waals surface area contributed by atoms with Crippen molar-refractivity contribution in [2.75, 3.05) is 7.11 Å². The average Bonchev–Trinajstić information content (AvgIpc) is 3.28. The molecule has 154 valence electrons. The Morgan fingerprint density at radius 3 is 2.68 bits per heavy atom. The molecular formula is C22H17N5O4. The van der Waals surface area contributed by atoms with Crippen molar-refractivity contribution in [3.05, 3.63) is 88.1 Å². The van der Waals surface area contributed by atoms with Crippen LogP contribution in [0.4, 0.5) is 5.69 Å². The monoisotopic (exact) mass is 415 g/mol. The van der Waals surface area contributed by atoms with Gasteiger partial charge >= 0.3 is 0 Å². The number of amides is 1. The van der Waals surface area contributed by atoms with Crippen LogP contribution in [0, 0.1) is 10.1 Å². The van der Waals surface area contributed by atoms with Crippen molar-refractivity contribution in [2.45, 2.75) is 0 Å². The molecular weight excluding hydrogens is 398 g/mol. The number of nitro benzene ring substituents is 1. The summed E-state index contributed by atoms with van der Waals surface area (Å²) in [4.78, 5) is 22.6. The van der Waals surface area contributed by atoms with Crippen LogP contribution in [-0.4, -0.2) is 34.4 Å². The van der Waals surface area contributed by atoms with Gasteiger partial charge in [0, 0.05) is 12.1 Å². The molecule has 0 atom stereocenters. The van der Waals surface area contributed by atoms with Crippen LogP contribution in [0.15, 0.2) is 71.8 Å².